The van der Waals surface area contributed by atoms with Crippen molar-refractivity contribution in [1.29, 1.82) is 0 Å². The molecule has 0 spiro atoms. The fraction of sp³-hybridized carbons (Fsp3) is 0.688. The van der Waals surface area contributed by atoms with Crippen molar-refractivity contribution in [2.75, 3.05) is 25.5 Å². The van der Waals surface area contributed by atoms with Crippen molar-refractivity contribution in [3.8, 4) is 0 Å². The molecule has 6 nitrogen and oxygen atoms in total. The first-order valence-electron chi connectivity index (χ1n) is 8.17. The Labute approximate surface area is 141 Å². The Balaban J connectivity index is 1.99. The second-order valence-corrected chi connectivity index (χ2v) is 6.56. The van der Waals surface area contributed by atoms with Gasteiger partial charge in [-0.15, -0.1) is 0 Å². The molecule has 1 aromatic heterocycles. The number of carbonyl (C=O) groups excluding carboxylic acids is 1. The molecule has 1 aromatic rings. The first-order valence-corrected chi connectivity index (χ1v) is 9.15. The highest BCUT2D eigenvalue weighted by Gasteiger charge is 2.27. The fourth-order valence-electron chi connectivity index (χ4n) is 2.64. The molecule has 2 heterocycles. The molecule has 1 unspecified atom stereocenters. The van der Waals surface area contributed by atoms with Gasteiger partial charge >= 0.3 is 0 Å². The van der Waals surface area contributed by atoms with Crippen LogP contribution in [-0.4, -0.2) is 41.0 Å². The number of thioether (sulfide) groups is 1. The second kappa shape index (κ2) is 8.49. The maximum Gasteiger partial charge on any atom is 0.257 e. The van der Waals surface area contributed by atoms with Crippen LogP contribution in [-0.2, 0) is 22.5 Å². The Bertz CT molecular complexity index is 615. The predicted octanol–water partition coefficient (Wildman–Crippen LogP) is 1.38. The zero-order valence-corrected chi connectivity index (χ0v) is 14.9. The zero-order valence-electron chi connectivity index (χ0n) is 14.1. The minimum atomic E-state index is -0.188. The van der Waals surface area contributed by atoms with Crippen molar-refractivity contribution in [3.63, 3.8) is 0 Å². The van der Waals surface area contributed by atoms with Gasteiger partial charge in [0.05, 0.1) is 5.92 Å². The van der Waals surface area contributed by atoms with Crippen LogP contribution in [0.1, 0.15) is 31.5 Å². The number of amides is 1. The summed E-state index contributed by atoms with van der Waals surface area (Å²) in [5, 5.41) is 3.66. The van der Waals surface area contributed by atoms with Crippen molar-refractivity contribution in [2.45, 2.75) is 45.3 Å². The summed E-state index contributed by atoms with van der Waals surface area (Å²) in [5.74, 6) is 0.478. The molecule has 7 heteroatoms. The van der Waals surface area contributed by atoms with Crippen LogP contribution >= 0.6 is 11.8 Å². The van der Waals surface area contributed by atoms with E-state index in [-0.39, 0.29) is 17.4 Å². The third-order valence-corrected chi connectivity index (χ3v) is 5.08. The lowest BCUT2D eigenvalue weighted by atomic mass is 10.1. The van der Waals surface area contributed by atoms with Gasteiger partial charge in [-0.1, -0.05) is 18.7 Å². The molecule has 0 aromatic carbocycles. The molecule has 0 radical (unpaired) electrons. The second-order valence-electron chi connectivity index (χ2n) is 5.58. The molecule has 1 aliphatic heterocycles. The van der Waals surface area contributed by atoms with Gasteiger partial charge < -0.3 is 10.1 Å². The summed E-state index contributed by atoms with van der Waals surface area (Å²) in [7, 11) is 0. The number of aromatic nitrogens is 2. The topological polar surface area (TPSA) is 73.2 Å². The summed E-state index contributed by atoms with van der Waals surface area (Å²) in [6.07, 6.45) is 1.47. The van der Waals surface area contributed by atoms with Crippen molar-refractivity contribution >= 4 is 17.7 Å². The summed E-state index contributed by atoms with van der Waals surface area (Å²) in [5.41, 5.74) is 1.54. The SMILES string of the molecule is CCOCCCNC(=O)C1CSc2nc(C)c(CC)c(=O)n2C1. The predicted molar refractivity (Wildman–Crippen MR) is 90.9 cm³/mol. The summed E-state index contributed by atoms with van der Waals surface area (Å²) in [6, 6.07) is 0. The smallest absolute Gasteiger partial charge is 0.257 e. The van der Waals surface area contributed by atoms with E-state index in [1.54, 1.807) is 4.57 Å². The molecule has 2 rings (SSSR count). The first-order chi connectivity index (χ1) is 11.1. The molecule has 1 amide bonds. The Morgan fingerprint density at radius 3 is 2.96 bits per heavy atom. The van der Waals surface area contributed by atoms with E-state index >= 15 is 0 Å². The number of hydrogen-bond acceptors (Lipinski definition) is 5. The third kappa shape index (κ3) is 4.35. The monoisotopic (exact) mass is 339 g/mol. The minimum absolute atomic E-state index is 0.00338. The Morgan fingerprint density at radius 1 is 1.48 bits per heavy atom. The van der Waals surface area contributed by atoms with Gasteiger partial charge in [0.15, 0.2) is 5.16 Å². The Morgan fingerprint density at radius 2 is 2.26 bits per heavy atom. The van der Waals surface area contributed by atoms with E-state index in [1.807, 2.05) is 20.8 Å². The summed E-state index contributed by atoms with van der Waals surface area (Å²) in [4.78, 5) is 29.3. The number of carbonyl (C=O) groups is 1. The molecule has 1 N–H and O–H groups in total. The van der Waals surface area contributed by atoms with Crippen LogP contribution in [0.15, 0.2) is 9.95 Å². The van der Waals surface area contributed by atoms with Crippen molar-refractivity contribution < 1.29 is 9.53 Å². The summed E-state index contributed by atoms with van der Waals surface area (Å²) < 4.78 is 6.91. The van der Waals surface area contributed by atoms with Crippen molar-refractivity contribution in [1.82, 2.24) is 14.9 Å². The Kier molecular flexibility index (Phi) is 6.65. The van der Waals surface area contributed by atoms with E-state index in [0.717, 1.165) is 22.8 Å². The molecule has 128 valence electrons. The highest BCUT2D eigenvalue weighted by molar-refractivity contribution is 7.99. The van der Waals surface area contributed by atoms with E-state index in [2.05, 4.69) is 10.3 Å². The van der Waals surface area contributed by atoms with E-state index in [0.29, 0.717) is 38.5 Å². The first kappa shape index (κ1) is 18.0. The normalized spacial score (nSPS) is 16.9. The van der Waals surface area contributed by atoms with Crippen LogP contribution in [0.25, 0.3) is 0 Å². The van der Waals surface area contributed by atoms with E-state index in [1.165, 1.54) is 11.8 Å². The lowest BCUT2D eigenvalue weighted by molar-refractivity contribution is -0.124. The number of rotatable bonds is 7. The van der Waals surface area contributed by atoms with E-state index in [4.69, 9.17) is 4.74 Å². The van der Waals surface area contributed by atoms with Crippen molar-refractivity contribution in [3.05, 3.63) is 21.6 Å². The molecular formula is C16H25N3O3S. The molecular weight excluding hydrogens is 314 g/mol. The lowest BCUT2D eigenvalue weighted by Crippen LogP contribution is -2.41. The number of aryl methyl sites for hydroxylation is 1. The third-order valence-electron chi connectivity index (χ3n) is 3.94. The van der Waals surface area contributed by atoms with Crippen molar-refractivity contribution in [2.24, 2.45) is 5.92 Å². The van der Waals surface area contributed by atoms with Crippen LogP contribution < -0.4 is 10.9 Å². The number of nitrogens with one attached hydrogen (secondary N) is 1. The van der Waals surface area contributed by atoms with Gasteiger partial charge in [-0.25, -0.2) is 4.98 Å². The van der Waals surface area contributed by atoms with Gasteiger partial charge in [0.2, 0.25) is 5.91 Å². The largest absolute Gasteiger partial charge is 0.382 e. The quantitative estimate of drug-likeness (QED) is 0.600. The Hall–Kier alpha value is -1.34. The maximum absolute atomic E-state index is 12.5. The van der Waals surface area contributed by atoms with Crippen LogP contribution in [0.2, 0.25) is 0 Å². The highest BCUT2D eigenvalue weighted by Crippen LogP contribution is 2.25. The van der Waals surface area contributed by atoms with Gasteiger partial charge in [-0.3, -0.25) is 14.2 Å². The molecule has 1 atom stereocenters. The van der Waals surface area contributed by atoms with Gasteiger partial charge in [0.1, 0.15) is 0 Å². The molecule has 0 bridgehead atoms. The molecule has 1 aliphatic rings. The summed E-state index contributed by atoms with van der Waals surface area (Å²) in [6.45, 7) is 8.15. The molecule has 0 saturated carbocycles. The standard InChI is InChI=1S/C16H25N3O3S/c1-4-13-11(3)18-16-19(15(13)21)9-12(10-23-16)14(20)17-7-6-8-22-5-2/h12H,4-10H2,1-3H3,(H,17,20). The fourth-order valence-corrected chi connectivity index (χ4v) is 3.76. The van der Waals surface area contributed by atoms with E-state index in [9.17, 15) is 9.59 Å². The molecule has 0 aliphatic carbocycles. The zero-order chi connectivity index (χ0) is 16.8. The molecule has 23 heavy (non-hydrogen) atoms. The van der Waals surface area contributed by atoms with Crippen LogP contribution in [0.5, 0.6) is 0 Å². The highest BCUT2D eigenvalue weighted by atomic mass is 32.2. The van der Waals surface area contributed by atoms with Gasteiger partial charge in [-0.05, 0) is 26.7 Å². The van der Waals surface area contributed by atoms with Gasteiger partial charge in [0, 0.05) is 43.3 Å². The van der Waals surface area contributed by atoms with E-state index < -0.39 is 0 Å². The summed E-state index contributed by atoms with van der Waals surface area (Å²) >= 11 is 1.49. The maximum atomic E-state index is 12.5. The molecule has 0 fully saturated rings. The van der Waals surface area contributed by atoms with Gasteiger partial charge in [0.25, 0.3) is 5.56 Å². The van der Waals surface area contributed by atoms with Gasteiger partial charge in [-0.2, -0.15) is 0 Å². The number of hydrogen-bond donors (Lipinski definition) is 1. The number of ether oxygens (including phenoxy) is 1. The molecule has 0 saturated heterocycles. The van der Waals surface area contributed by atoms with Crippen LogP contribution in [0.3, 0.4) is 0 Å². The van der Waals surface area contributed by atoms with Crippen LogP contribution in [0, 0.1) is 12.8 Å². The number of nitrogens with zero attached hydrogens (tertiary/aromatic N) is 2. The minimum Gasteiger partial charge on any atom is -0.382 e. The average Bonchev–Trinajstić information content (AvgIpc) is 2.54. The van der Waals surface area contributed by atoms with Crippen LogP contribution in [0.4, 0.5) is 0 Å². The number of fused-ring (bicyclic) bond motifs is 1. The lowest BCUT2D eigenvalue weighted by Gasteiger charge is -2.25. The average molecular weight is 339 g/mol.